The summed E-state index contributed by atoms with van der Waals surface area (Å²) in [6, 6.07) is 6.92. The smallest absolute Gasteiger partial charge is 0.327 e. The Balaban J connectivity index is 1.62. The zero-order valence-electron chi connectivity index (χ0n) is 16.6. The summed E-state index contributed by atoms with van der Waals surface area (Å²) < 4.78 is 10.4. The van der Waals surface area contributed by atoms with E-state index in [4.69, 9.17) is 20.9 Å². The molecule has 2 heterocycles. The molecule has 1 fully saturated rings. The summed E-state index contributed by atoms with van der Waals surface area (Å²) >= 11 is 6.34. The molecular weight excluding hydrogens is 380 g/mol. The molecule has 0 amide bonds. The first-order chi connectivity index (χ1) is 13.5. The monoisotopic (exact) mass is 406 g/mol. The van der Waals surface area contributed by atoms with Gasteiger partial charge < -0.3 is 9.26 Å². The van der Waals surface area contributed by atoms with Crippen molar-refractivity contribution in [2.24, 2.45) is 5.92 Å². The number of esters is 1. The van der Waals surface area contributed by atoms with E-state index < -0.39 is 6.04 Å². The lowest BCUT2D eigenvalue weighted by Crippen LogP contribution is -2.49. The molecule has 0 spiro atoms. The zero-order valence-corrected chi connectivity index (χ0v) is 17.4. The third-order valence-electron chi connectivity index (χ3n) is 4.86. The molecule has 0 saturated carbocycles. The Hall–Kier alpha value is -1.96. The van der Waals surface area contributed by atoms with Gasteiger partial charge >= 0.3 is 5.97 Å². The summed E-state index contributed by atoms with van der Waals surface area (Å²) in [4.78, 5) is 21.3. The van der Waals surface area contributed by atoms with E-state index in [-0.39, 0.29) is 5.97 Å². The zero-order chi connectivity index (χ0) is 20.1. The minimum absolute atomic E-state index is 0.295. The first kappa shape index (κ1) is 20.8. The van der Waals surface area contributed by atoms with Crippen molar-refractivity contribution in [1.29, 1.82) is 0 Å². The molecule has 8 heteroatoms. The average molecular weight is 407 g/mol. The van der Waals surface area contributed by atoms with E-state index in [1.165, 1.54) is 7.11 Å². The summed E-state index contributed by atoms with van der Waals surface area (Å²) in [7, 11) is 1.41. The molecule has 152 valence electrons. The van der Waals surface area contributed by atoms with E-state index in [1.54, 1.807) is 6.07 Å². The van der Waals surface area contributed by atoms with Gasteiger partial charge in [-0.25, -0.2) is 4.79 Å². The predicted molar refractivity (Wildman–Crippen MR) is 106 cm³/mol. The van der Waals surface area contributed by atoms with Crippen LogP contribution in [0.4, 0.5) is 0 Å². The van der Waals surface area contributed by atoms with E-state index in [9.17, 15) is 4.79 Å². The third kappa shape index (κ3) is 5.10. The Morgan fingerprint density at radius 2 is 1.96 bits per heavy atom. The van der Waals surface area contributed by atoms with Crippen LogP contribution in [0.2, 0.25) is 5.02 Å². The highest BCUT2D eigenvalue weighted by Gasteiger charge is 2.32. The number of hydrogen-bond acceptors (Lipinski definition) is 7. The van der Waals surface area contributed by atoms with Crippen LogP contribution in [0.1, 0.15) is 37.2 Å². The molecule has 1 saturated heterocycles. The number of rotatable bonds is 7. The SMILES string of the molecule is COC(=O)C(c1ccccc1Cl)N1CCN(Cc2nc(CC(C)C)no2)CC1. The van der Waals surface area contributed by atoms with E-state index in [0.29, 0.717) is 23.4 Å². The van der Waals surface area contributed by atoms with Crippen LogP contribution in [0.3, 0.4) is 0 Å². The lowest BCUT2D eigenvalue weighted by molar-refractivity contribution is -0.148. The van der Waals surface area contributed by atoms with Crippen LogP contribution in [-0.2, 0) is 22.5 Å². The predicted octanol–water partition coefficient (Wildman–Crippen LogP) is 2.95. The Bertz CT molecular complexity index is 787. The maximum absolute atomic E-state index is 12.5. The molecule has 0 N–H and O–H groups in total. The molecule has 0 radical (unpaired) electrons. The van der Waals surface area contributed by atoms with Crippen LogP contribution in [0.5, 0.6) is 0 Å². The van der Waals surface area contributed by atoms with Crippen molar-refractivity contribution in [1.82, 2.24) is 19.9 Å². The second-order valence-corrected chi connectivity index (χ2v) is 7.87. The molecule has 1 atom stereocenters. The van der Waals surface area contributed by atoms with Gasteiger partial charge in [-0.1, -0.05) is 48.8 Å². The molecular formula is C20H27ClN4O3. The summed E-state index contributed by atoms with van der Waals surface area (Å²) in [6.45, 7) is 7.90. The summed E-state index contributed by atoms with van der Waals surface area (Å²) in [6.07, 6.45) is 0.815. The molecule has 0 bridgehead atoms. The van der Waals surface area contributed by atoms with Crippen LogP contribution < -0.4 is 0 Å². The van der Waals surface area contributed by atoms with Crippen molar-refractivity contribution in [3.8, 4) is 0 Å². The van der Waals surface area contributed by atoms with E-state index in [1.807, 2.05) is 18.2 Å². The molecule has 1 aliphatic rings. The van der Waals surface area contributed by atoms with Crippen molar-refractivity contribution in [2.75, 3.05) is 33.3 Å². The number of piperazine rings is 1. The third-order valence-corrected chi connectivity index (χ3v) is 5.20. The lowest BCUT2D eigenvalue weighted by Gasteiger charge is -2.37. The quantitative estimate of drug-likeness (QED) is 0.654. The Kier molecular flexibility index (Phi) is 7.04. The number of benzene rings is 1. The van der Waals surface area contributed by atoms with Gasteiger partial charge in [0.05, 0.1) is 13.7 Å². The highest BCUT2D eigenvalue weighted by Crippen LogP contribution is 2.29. The van der Waals surface area contributed by atoms with Crippen molar-refractivity contribution in [2.45, 2.75) is 32.9 Å². The highest BCUT2D eigenvalue weighted by molar-refractivity contribution is 6.31. The van der Waals surface area contributed by atoms with Crippen LogP contribution in [0, 0.1) is 5.92 Å². The van der Waals surface area contributed by atoms with Crippen LogP contribution in [-0.4, -0.2) is 59.2 Å². The number of ether oxygens (including phenoxy) is 1. The second-order valence-electron chi connectivity index (χ2n) is 7.46. The molecule has 28 heavy (non-hydrogen) atoms. The maximum Gasteiger partial charge on any atom is 0.327 e. The van der Waals surface area contributed by atoms with Gasteiger partial charge in [0.2, 0.25) is 5.89 Å². The molecule has 1 aromatic heterocycles. The number of nitrogens with zero attached hydrogens (tertiary/aromatic N) is 4. The van der Waals surface area contributed by atoms with E-state index in [2.05, 4.69) is 33.8 Å². The fourth-order valence-corrected chi connectivity index (χ4v) is 3.69. The standard InChI is InChI=1S/C20H27ClN4O3/c1-14(2)12-17-22-18(28-23-17)13-24-8-10-25(11-9-24)19(20(26)27-3)15-6-4-5-7-16(15)21/h4-7,14,19H,8-13H2,1-3H3. The van der Waals surface area contributed by atoms with Gasteiger partial charge in [0.15, 0.2) is 5.82 Å². The van der Waals surface area contributed by atoms with Crippen molar-refractivity contribution in [3.05, 3.63) is 46.6 Å². The van der Waals surface area contributed by atoms with Crippen molar-refractivity contribution in [3.63, 3.8) is 0 Å². The minimum Gasteiger partial charge on any atom is -0.468 e. The number of hydrogen-bond donors (Lipinski definition) is 0. The Morgan fingerprint density at radius 1 is 1.25 bits per heavy atom. The fourth-order valence-electron chi connectivity index (χ4n) is 3.45. The maximum atomic E-state index is 12.5. The molecule has 1 unspecified atom stereocenters. The summed E-state index contributed by atoms with van der Waals surface area (Å²) in [5.74, 6) is 1.60. The lowest BCUT2D eigenvalue weighted by atomic mass is 10.0. The van der Waals surface area contributed by atoms with E-state index >= 15 is 0 Å². The Labute approximate surface area is 170 Å². The number of aromatic nitrogens is 2. The number of methoxy groups -OCH3 is 1. The highest BCUT2D eigenvalue weighted by atomic mass is 35.5. The number of halogens is 1. The molecule has 1 aliphatic heterocycles. The van der Waals surface area contributed by atoms with Gasteiger partial charge in [-0.3, -0.25) is 9.80 Å². The first-order valence-electron chi connectivity index (χ1n) is 9.58. The average Bonchev–Trinajstić information content (AvgIpc) is 3.10. The van der Waals surface area contributed by atoms with Gasteiger partial charge in [0, 0.05) is 37.6 Å². The van der Waals surface area contributed by atoms with Crippen LogP contribution in [0.15, 0.2) is 28.8 Å². The van der Waals surface area contributed by atoms with E-state index in [0.717, 1.165) is 44.0 Å². The van der Waals surface area contributed by atoms with Crippen molar-refractivity contribution < 1.29 is 14.1 Å². The molecule has 1 aromatic carbocycles. The number of carbonyl (C=O) groups is 1. The molecule has 2 aromatic rings. The van der Waals surface area contributed by atoms with Gasteiger partial charge in [0.1, 0.15) is 6.04 Å². The topological polar surface area (TPSA) is 71.7 Å². The summed E-state index contributed by atoms with van der Waals surface area (Å²) in [5.41, 5.74) is 0.777. The largest absolute Gasteiger partial charge is 0.468 e. The van der Waals surface area contributed by atoms with Gasteiger partial charge in [-0.05, 0) is 17.5 Å². The molecule has 3 rings (SSSR count). The first-order valence-corrected chi connectivity index (χ1v) is 9.96. The Morgan fingerprint density at radius 3 is 2.61 bits per heavy atom. The van der Waals surface area contributed by atoms with Crippen LogP contribution in [0.25, 0.3) is 0 Å². The van der Waals surface area contributed by atoms with Crippen molar-refractivity contribution >= 4 is 17.6 Å². The van der Waals surface area contributed by atoms with Gasteiger partial charge in [-0.15, -0.1) is 0 Å². The second kappa shape index (κ2) is 9.49. The normalized spacial score (nSPS) is 17.0. The minimum atomic E-state index is -0.498. The van der Waals surface area contributed by atoms with Gasteiger partial charge in [0.25, 0.3) is 0 Å². The summed E-state index contributed by atoms with van der Waals surface area (Å²) in [5, 5.41) is 4.62. The fraction of sp³-hybridized carbons (Fsp3) is 0.550. The molecule has 0 aliphatic carbocycles. The van der Waals surface area contributed by atoms with Gasteiger partial charge in [-0.2, -0.15) is 4.98 Å². The molecule has 7 nitrogen and oxygen atoms in total. The number of carbonyl (C=O) groups excluding carboxylic acids is 1. The van der Waals surface area contributed by atoms with Crippen LogP contribution >= 0.6 is 11.6 Å².